The van der Waals surface area contributed by atoms with Crippen LogP contribution in [0.5, 0.6) is 5.75 Å². The number of guanidine groups is 1. The molecule has 6 heteroatoms. The van der Waals surface area contributed by atoms with Gasteiger partial charge in [0, 0.05) is 18.3 Å². The average Bonchev–Trinajstić information content (AvgIpc) is 2.56. The van der Waals surface area contributed by atoms with Gasteiger partial charge in [0.25, 0.3) is 0 Å². The molecular weight excluding hydrogens is 324 g/mol. The van der Waals surface area contributed by atoms with E-state index < -0.39 is 0 Å². The van der Waals surface area contributed by atoms with Crippen LogP contribution in [0.25, 0.3) is 0 Å². The molecule has 0 radical (unpaired) electrons. The first-order valence-corrected chi connectivity index (χ1v) is 9.12. The summed E-state index contributed by atoms with van der Waals surface area (Å²) in [4.78, 5) is 6.98. The van der Waals surface area contributed by atoms with E-state index >= 15 is 0 Å². The van der Waals surface area contributed by atoms with Gasteiger partial charge in [0.05, 0.1) is 12.1 Å². The van der Waals surface area contributed by atoms with Crippen LogP contribution >= 0.6 is 11.6 Å². The highest BCUT2D eigenvalue weighted by atomic mass is 35.5. The largest absolute Gasteiger partial charge is 0.495 e. The molecule has 0 aliphatic carbocycles. The summed E-state index contributed by atoms with van der Waals surface area (Å²) in [6.45, 7) is 5.48. The van der Waals surface area contributed by atoms with Gasteiger partial charge in [-0.05, 0) is 63.9 Å². The molecular formula is C18H29ClN4O. The van der Waals surface area contributed by atoms with E-state index in [9.17, 15) is 0 Å². The van der Waals surface area contributed by atoms with Crippen molar-refractivity contribution in [3.8, 4) is 5.75 Å². The molecule has 0 spiro atoms. The first-order valence-electron chi connectivity index (χ1n) is 8.74. The molecule has 0 saturated carbocycles. The maximum Gasteiger partial charge on any atom is 0.193 e. The molecule has 1 aliphatic heterocycles. The van der Waals surface area contributed by atoms with Crippen molar-refractivity contribution in [1.29, 1.82) is 0 Å². The van der Waals surface area contributed by atoms with Crippen molar-refractivity contribution < 1.29 is 4.74 Å². The predicted molar refractivity (Wildman–Crippen MR) is 102 cm³/mol. The third-order valence-corrected chi connectivity index (χ3v) is 4.80. The minimum atomic E-state index is 0.419. The number of rotatable bonds is 7. The summed E-state index contributed by atoms with van der Waals surface area (Å²) in [5.41, 5.74) is 6.74. The first-order chi connectivity index (χ1) is 11.6. The summed E-state index contributed by atoms with van der Waals surface area (Å²) in [7, 11) is 1.59. The summed E-state index contributed by atoms with van der Waals surface area (Å²) >= 11 is 6.09. The number of likely N-dealkylation sites (tertiary alicyclic amines) is 1. The maximum atomic E-state index is 6.09. The van der Waals surface area contributed by atoms with Gasteiger partial charge in [-0.1, -0.05) is 18.0 Å². The van der Waals surface area contributed by atoms with Crippen LogP contribution in [0.3, 0.4) is 0 Å². The average molecular weight is 353 g/mol. The molecule has 1 fully saturated rings. The lowest BCUT2D eigenvalue weighted by molar-refractivity contribution is 0.158. The molecule has 1 atom stereocenters. The van der Waals surface area contributed by atoms with Gasteiger partial charge < -0.3 is 20.7 Å². The number of halogens is 1. The lowest BCUT2D eigenvalue weighted by Gasteiger charge is -2.33. The fraction of sp³-hybridized carbons (Fsp3) is 0.611. The van der Waals surface area contributed by atoms with Gasteiger partial charge >= 0.3 is 0 Å². The number of nitrogens with two attached hydrogens (primary N) is 1. The van der Waals surface area contributed by atoms with Gasteiger partial charge in [-0.3, -0.25) is 4.99 Å². The number of hydrogen-bond acceptors (Lipinski definition) is 3. The van der Waals surface area contributed by atoms with Crippen molar-refractivity contribution in [2.75, 3.05) is 32.1 Å². The Kier molecular flexibility index (Phi) is 7.66. The van der Waals surface area contributed by atoms with Crippen LogP contribution in [0.15, 0.2) is 23.2 Å². The Morgan fingerprint density at radius 1 is 1.42 bits per heavy atom. The molecule has 134 valence electrons. The van der Waals surface area contributed by atoms with Crippen LogP contribution in [-0.4, -0.2) is 43.6 Å². The molecule has 0 bridgehead atoms. The minimum Gasteiger partial charge on any atom is -0.495 e. The summed E-state index contributed by atoms with van der Waals surface area (Å²) in [6, 6.07) is 6.18. The number of hydrogen-bond donors (Lipinski definition) is 2. The summed E-state index contributed by atoms with van der Waals surface area (Å²) in [5.74, 6) is 1.06. The number of piperidine rings is 1. The minimum absolute atomic E-state index is 0.419. The van der Waals surface area contributed by atoms with E-state index in [1.54, 1.807) is 19.2 Å². The van der Waals surface area contributed by atoms with E-state index in [1.165, 1.54) is 25.8 Å². The third-order valence-electron chi connectivity index (χ3n) is 4.50. The predicted octanol–water partition coefficient (Wildman–Crippen LogP) is 3.73. The lowest BCUT2D eigenvalue weighted by Crippen LogP contribution is -2.38. The smallest absolute Gasteiger partial charge is 0.193 e. The Morgan fingerprint density at radius 2 is 2.25 bits per heavy atom. The number of anilines is 1. The Bertz CT molecular complexity index is 550. The van der Waals surface area contributed by atoms with E-state index in [4.69, 9.17) is 22.1 Å². The van der Waals surface area contributed by atoms with Gasteiger partial charge in [0.1, 0.15) is 5.75 Å². The number of ether oxygens (including phenoxy) is 1. The van der Waals surface area contributed by atoms with Crippen molar-refractivity contribution >= 4 is 23.2 Å². The van der Waals surface area contributed by atoms with E-state index in [-0.39, 0.29) is 0 Å². The third kappa shape index (κ3) is 5.87. The van der Waals surface area contributed by atoms with Gasteiger partial charge in [-0.25, -0.2) is 0 Å². The molecule has 1 aromatic carbocycles. The highest BCUT2D eigenvalue weighted by Gasteiger charge is 2.16. The van der Waals surface area contributed by atoms with Gasteiger partial charge in [-0.2, -0.15) is 0 Å². The van der Waals surface area contributed by atoms with Crippen molar-refractivity contribution in [2.24, 2.45) is 10.7 Å². The van der Waals surface area contributed by atoms with Gasteiger partial charge in [0.15, 0.2) is 5.96 Å². The fourth-order valence-electron chi connectivity index (χ4n) is 3.05. The summed E-state index contributed by atoms with van der Waals surface area (Å²) < 4.78 is 5.13. The zero-order valence-corrected chi connectivity index (χ0v) is 15.5. The van der Waals surface area contributed by atoms with Crippen LogP contribution in [0, 0.1) is 0 Å². The number of benzene rings is 1. The normalized spacial score (nSPS) is 19.3. The Morgan fingerprint density at radius 3 is 2.96 bits per heavy atom. The summed E-state index contributed by atoms with van der Waals surface area (Å²) in [6.07, 6.45) is 6.26. The van der Waals surface area contributed by atoms with Gasteiger partial charge in [0.2, 0.25) is 0 Å². The number of unbranched alkanes of at least 4 members (excludes halogenated alkanes) is 1. The Hall–Kier alpha value is -1.46. The van der Waals surface area contributed by atoms with Crippen LogP contribution in [0.1, 0.15) is 39.0 Å². The molecule has 0 amide bonds. The highest BCUT2D eigenvalue weighted by Crippen LogP contribution is 2.27. The number of nitrogens with one attached hydrogen (secondary N) is 1. The standard InChI is InChI=1S/C18H29ClN4O/c1-14-7-3-5-11-23(14)12-6-4-10-21-18(20)22-15-8-9-17(24-2)16(19)13-15/h8-9,13-14H,3-7,10-12H2,1-2H3,(H3,20,21,22). The SMILES string of the molecule is COc1ccc(NC(N)=NCCCCN2CCCCC2C)cc1Cl. The molecule has 24 heavy (non-hydrogen) atoms. The Balaban J connectivity index is 1.69. The van der Waals surface area contributed by atoms with E-state index in [2.05, 4.69) is 22.1 Å². The maximum absolute atomic E-state index is 6.09. The molecule has 1 heterocycles. The zero-order valence-electron chi connectivity index (χ0n) is 14.7. The topological polar surface area (TPSA) is 62.9 Å². The van der Waals surface area contributed by atoms with E-state index in [1.807, 2.05) is 6.07 Å². The zero-order chi connectivity index (χ0) is 17.4. The molecule has 1 aromatic rings. The Labute approximate surface area is 150 Å². The van der Waals surface area contributed by atoms with Crippen LogP contribution in [0.2, 0.25) is 5.02 Å². The monoisotopic (exact) mass is 352 g/mol. The van der Waals surface area contributed by atoms with Crippen LogP contribution in [-0.2, 0) is 0 Å². The van der Waals surface area contributed by atoms with Crippen molar-refractivity contribution in [2.45, 2.75) is 45.1 Å². The fourth-order valence-corrected chi connectivity index (χ4v) is 3.31. The highest BCUT2D eigenvalue weighted by molar-refractivity contribution is 6.32. The summed E-state index contributed by atoms with van der Waals surface area (Å²) in [5, 5.41) is 3.61. The number of aliphatic imine (C=N–C) groups is 1. The van der Waals surface area contributed by atoms with Crippen molar-refractivity contribution in [3.63, 3.8) is 0 Å². The molecule has 1 unspecified atom stereocenters. The molecule has 1 saturated heterocycles. The quantitative estimate of drug-likeness (QED) is 0.446. The second-order valence-corrected chi connectivity index (χ2v) is 6.74. The van der Waals surface area contributed by atoms with Crippen molar-refractivity contribution in [1.82, 2.24) is 4.90 Å². The molecule has 5 nitrogen and oxygen atoms in total. The number of nitrogens with zero attached hydrogens (tertiary/aromatic N) is 2. The van der Waals surface area contributed by atoms with Crippen LogP contribution in [0.4, 0.5) is 5.69 Å². The lowest BCUT2D eigenvalue weighted by atomic mass is 10.0. The molecule has 3 N–H and O–H groups in total. The first kappa shape index (κ1) is 18.9. The number of methoxy groups -OCH3 is 1. The second-order valence-electron chi connectivity index (χ2n) is 6.33. The molecule has 1 aliphatic rings. The van der Waals surface area contributed by atoms with E-state index in [0.29, 0.717) is 16.7 Å². The van der Waals surface area contributed by atoms with Crippen LogP contribution < -0.4 is 15.8 Å². The van der Waals surface area contributed by atoms with E-state index in [0.717, 1.165) is 37.7 Å². The molecule has 2 rings (SSSR count). The van der Waals surface area contributed by atoms with Gasteiger partial charge in [-0.15, -0.1) is 0 Å². The molecule has 0 aromatic heterocycles. The second kappa shape index (κ2) is 9.74. The van der Waals surface area contributed by atoms with Crippen molar-refractivity contribution in [3.05, 3.63) is 23.2 Å².